The van der Waals surface area contributed by atoms with Gasteiger partial charge in [-0.1, -0.05) is 6.07 Å². The molecule has 0 saturated heterocycles. The molecule has 1 N–H and O–H groups in total. The number of carbonyl (C=O) groups excluding carboxylic acids is 1. The van der Waals surface area contributed by atoms with E-state index in [2.05, 4.69) is 38.1 Å². The van der Waals surface area contributed by atoms with Crippen LogP contribution in [0.4, 0.5) is 11.5 Å². The minimum Gasteiger partial charge on any atom is -0.310 e. The summed E-state index contributed by atoms with van der Waals surface area (Å²) in [6.07, 6.45) is 2.91. The van der Waals surface area contributed by atoms with Crippen LogP contribution < -0.4 is 5.32 Å². The van der Waals surface area contributed by atoms with Crippen LogP contribution in [-0.2, 0) is 23.1 Å². The van der Waals surface area contributed by atoms with E-state index in [-0.39, 0.29) is 5.91 Å². The van der Waals surface area contributed by atoms with Crippen LogP contribution in [0.15, 0.2) is 35.6 Å². The number of benzene rings is 1. The quantitative estimate of drug-likeness (QED) is 0.600. The van der Waals surface area contributed by atoms with E-state index in [0.717, 1.165) is 20.3 Å². The van der Waals surface area contributed by atoms with Crippen LogP contribution in [-0.4, -0.2) is 10.9 Å². The molecular weight excluding hydrogens is 381 g/mol. The lowest BCUT2D eigenvalue weighted by molar-refractivity contribution is -0.120. The summed E-state index contributed by atoms with van der Waals surface area (Å²) in [5.41, 5.74) is 2.94. The summed E-state index contributed by atoms with van der Waals surface area (Å²) in [6, 6.07) is 7.57. The largest absolute Gasteiger partial charge is 0.310 e. The molecule has 1 spiro atoms. The number of nitrogens with one attached hydrogen (secondary N) is 1. The van der Waals surface area contributed by atoms with Crippen LogP contribution in [0.2, 0.25) is 0 Å². The molecule has 4 rings (SSSR count). The average molecular weight is 391 g/mol. The number of aromatic nitrogens is 1. The first-order chi connectivity index (χ1) is 10.1. The third-order valence-corrected chi connectivity index (χ3v) is 5.21. The van der Waals surface area contributed by atoms with E-state index in [1.807, 2.05) is 18.2 Å². The van der Waals surface area contributed by atoms with Crippen molar-refractivity contribution in [3.05, 3.63) is 55.6 Å². The number of nitroso groups, excluding NO2 is 1. The summed E-state index contributed by atoms with van der Waals surface area (Å²) in [5, 5.41) is 5.93. The Hall–Kier alpha value is -1.83. The van der Waals surface area contributed by atoms with Gasteiger partial charge in [0.15, 0.2) is 0 Å². The van der Waals surface area contributed by atoms with E-state index in [9.17, 15) is 9.70 Å². The molecule has 5 nitrogen and oxygen atoms in total. The van der Waals surface area contributed by atoms with Gasteiger partial charge in [-0.2, -0.15) is 0 Å². The van der Waals surface area contributed by atoms with E-state index in [4.69, 9.17) is 0 Å². The van der Waals surface area contributed by atoms with Crippen LogP contribution in [0.25, 0.3) is 0 Å². The van der Waals surface area contributed by atoms with Crippen molar-refractivity contribution in [3.8, 4) is 0 Å². The molecule has 2 heterocycles. The fourth-order valence-corrected chi connectivity index (χ4v) is 3.98. The first-order valence-corrected chi connectivity index (χ1v) is 7.63. The van der Waals surface area contributed by atoms with Gasteiger partial charge in [0.25, 0.3) is 0 Å². The summed E-state index contributed by atoms with van der Waals surface area (Å²) in [7, 11) is 0. The van der Waals surface area contributed by atoms with Gasteiger partial charge in [-0.25, -0.2) is 4.98 Å². The van der Waals surface area contributed by atoms with Crippen LogP contribution in [0.3, 0.4) is 0 Å². The van der Waals surface area contributed by atoms with Gasteiger partial charge in [0.05, 0.1) is 5.41 Å². The third kappa shape index (κ3) is 1.68. The molecule has 1 aromatic carbocycles. The van der Waals surface area contributed by atoms with Crippen molar-refractivity contribution in [1.82, 2.24) is 4.98 Å². The number of rotatable bonds is 1. The standard InChI is InChI=1S/C15H10IN3O2/c16-11-4-8-6-15(7-9(8)5-12(11)19-21)10-2-1-3-17-13(10)18-14(15)20/h1-5H,6-7H2,(H,17,18,20). The lowest BCUT2D eigenvalue weighted by Gasteiger charge is -2.20. The molecular formula is C15H10IN3O2. The predicted octanol–water partition coefficient (Wildman–Crippen LogP) is 3.07. The van der Waals surface area contributed by atoms with E-state index >= 15 is 0 Å². The summed E-state index contributed by atoms with van der Waals surface area (Å²) < 4.78 is 0.822. The van der Waals surface area contributed by atoms with Gasteiger partial charge in [0.1, 0.15) is 11.5 Å². The van der Waals surface area contributed by atoms with Crippen LogP contribution in [0.1, 0.15) is 16.7 Å². The number of hydrogen-bond donors (Lipinski definition) is 1. The van der Waals surface area contributed by atoms with Gasteiger partial charge in [0.2, 0.25) is 5.91 Å². The molecule has 0 saturated carbocycles. The van der Waals surface area contributed by atoms with E-state index in [0.29, 0.717) is 24.3 Å². The molecule has 1 aliphatic carbocycles. The van der Waals surface area contributed by atoms with Crippen LogP contribution in [0.5, 0.6) is 0 Å². The van der Waals surface area contributed by atoms with Crippen molar-refractivity contribution in [1.29, 1.82) is 0 Å². The van der Waals surface area contributed by atoms with E-state index < -0.39 is 5.41 Å². The zero-order valence-corrected chi connectivity index (χ0v) is 13.0. The smallest absolute Gasteiger partial charge is 0.237 e. The minimum absolute atomic E-state index is 0.0111. The second-order valence-corrected chi connectivity index (χ2v) is 6.62. The number of halogens is 1. The Bertz CT molecular complexity index is 806. The highest BCUT2D eigenvalue weighted by Gasteiger charge is 2.51. The summed E-state index contributed by atoms with van der Waals surface area (Å²) >= 11 is 2.10. The Morgan fingerprint density at radius 3 is 2.81 bits per heavy atom. The van der Waals surface area contributed by atoms with Crippen molar-refractivity contribution in [2.75, 3.05) is 5.32 Å². The molecule has 1 aliphatic heterocycles. The molecule has 1 atom stereocenters. The van der Waals surface area contributed by atoms with Crippen molar-refractivity contribution in [2.24, 2.45) is 5.18 Å². The molecule has 104 valence electrons. The fourth-order valence-electron chi connectivity index (χ4n) is 3.35. The second-order valence-electron chi connectivity index (χ2n) is 5.45. The van der Waals surface area contributed by atoms with Gasteiger partial charge < -0.3 is 5.32 Å². The Kier molecular flexibility index (Phi) is 2.66. The number of amides is 1. The highest BCUT2D eigenvalue weighted by molar-refractivity contribution is 14.1. The first-order valence-electron chi connectivity index (χ1n) is 6.56. The number of hydrogen-bond acceptors (Lipinski definition) is 4. The SMILES string of the molecule is O=Nc1cc2c(cc1I)CC1(C2)C(=O)Nc2ncccc21. The summed E-state index contributed by atoms with van der Waals surface area (Å²) in [6.45, 7) is 0. The lowest BCUT2D eigenvalue weighted by atomic mass is 9.79. The van der Waals surface area contributed by atoms with Gasteiger partial charge in [-0.3, -0.25) is 4.79 Å². The Balaban J connectivity index is 1.87. The van der Waals surface area contributed by atoms with Gasteiger partial charge in [-0.05, 0) is 69.9 Å². The fraction of sp³-hybridized carbons (Fsp3) is 0.200. The van der Waals surface area contributed by atoms with Gasteiger partial charge in [0, 0.05) is 15.3 Å². The Morgan fingerprint density at radius 1 is 1.29 bits per heavy atom. The molecule has 1 aromatic heterocycles. The van der Waals surface area contributed by atoms with Crippen molar-refractivity contribution in [3.63, 3.8) is 0 Å². The maximum atomic E-state index is 12.5. The molecule has 1 unspecified atom stereocenters. The van der Waals surface area contributed by atoms with Crippen LogP contribution >= 0.6 is 22.6 Å². The number of carbonyl (C=O) groups is 1. The maximum absolute atomic E-state index is 12.5. The number of nitrogens with zero attached hydrogens (tertiary/aromatic N) is 2. The average Bonchev–Trinajstić information content (AvgIpc) is 2.97. The number of anilines is 1. The predicted molar refractivity (Wildman–Crippen MR) is 86.6 cm³/mol. The van der Waals surface area contributed by atoms with Gasteiger partial charge in [-0.15, -0.1) is 4.91 Å². The van der Waals surface area contributed by atoms with E-state index in [1.54, 1.807) is 12.3 Å². The lowest BCUT2D eigenvalue weighted by Crippen LogP contribution is -2.35. The second kappa shape index (κ2) is 4.33. The summed E-state index contributed by atoms with van der Waals surface area (Å²) in [5.74, 6) is 0.641. The first kappa shape index (κ1) is 12.9. The highest BCUT2D eigenvalue weighted by atomic mass is 127. The number of pyridine rings is 1. The summed E-state index contributed by atoms with van der Waals surface area (Å²) in [4.78, 5) is 27.6. The minimum atomic E-state index is -0.587. The van der Waals surface area contributed by atoms with Crippen LogP contribution in [0, 0.1) is 8.48 Å². The monoisotopic (exact) mass is 391 g/mol. The third-order valence-electron chi connectivity index (χ3n) is 4.34. The molecule has 0 radical (unpaired) electrons. The number of fused-ring (bicyclic) bond motifs is 3. The molecule has 1 amide bonds. The molecule has 6 heteroatoms. The van der Waals surface area contributed by atoms with Crippen molar-refractivity contribution < 1.29 is 4.79 Å². The maximum Gasteiger partial charge on any atom is 0.237 e. The molecule has 0 fully saturated rings. The molecule has 2 aromatic rings. The van der Waals surface area contributed by atoms with Gasteiger partial charge >= 0.3 is 0 Å². The zero-order chi connectivity index (χ0) is 14.6. The molecule has 2 aliphatic rings. The highest BCUT2D eigenvalue weighted by Crippen LogP contribution is 2.47. The zero-order valence-electron chi connectivity index (χ0n) is 10.9. The Morgan fingerprint density at radius 2 is 2.05 bits per heavy atom. The molecule has 0 bridgehead atoms. The Labute approximate surface area is 134 Å². The van der Waals surface area contributed by atoms with Crippen molar-refractivity contribution >= 4 is 40.0 Å². The van der Waals surface area contributed by atoms with Crippen molar-refractivity contribution in [2.45, 2.75) is 18.3 Å². The molecule has 21 heavy (non-hydrogen) atoms. The topological polar surface area (TPSA) is 71.4 Å². The normalized spacial score (nSPS) is 22.0. The van der Waals surface area contributed by atoms with E-state index in [1.165, 1.54) is 0 Å².